The average Bonchev–Trinajstić information content (AvgIpc) is 1.53. The van der Waals surface area contributed by atoms with Crippen molar-refractivity contribution in [3.63, 3.8) is 0 Å². The lowest BCUT2D eigenvalue weighted by molar-refractivity contribution is -0.766. The normalized spacial score (nSPS) is 18.7. The number of allylic oxidation sites excluding steroid dienone is 3. The first-order chi connectivity index (χ1) is 45.2. The summed E-state index contributed by atoms with van der Waals surface area (Å²) in [7, 11) is 0. The van der Waals surface area contributed by atoms with Gasteiger partial charge >= 0.3 is 19.0 Å². The number of nitrogens with one attached hydrogen (secondary N) is 3. The van der Waals surface area contributed by atoms with Gasteiger partial charge in [0.05, 0.1) is 36.8 Å². The van der Waals surface area contributed by atoms with E-state index < -0.39 is 0 Å². The van der Waals surface area contributed by atoms with E-state index in [4.69, 9.17) is 15.0 Å². The molecule has 3 unspecified atom stereocenters. The van der Waals surface area contributed by atoms with Crippen LogP contribution >= 0.6 is 0 Å². The fourth-order valence-electron chi connectivity index (χ4n) is 14.2. The fraction of sp³-hybridized carbons (Fsp3) is 0.320. The van der Waals surface area contributed by atoms with Crippen molar-refractivity contribution >= 4 is 86.7 Å². The van der Waals surface area contributed by atoms with Crippen LogP contribution in [0.1, 0.15) is 126 Å². The van der Waals surface area contributed by atoms with Crippen molar-refractivity contribution in [2.75, 3.05) is 39.3 Å². The van der Waals surface area contributed by atoms with Crippen LogP contribution in [-0.2, 0) is 39.3 Å². The molecule has 4 aromatic carbocycles. The molecule has 13 rings (SSSR count). The number of aliphatic imine (C=N–C) groups is 3. The molecular weight excluding hydrogens is 1160 g/mol. The van der Waals surface area contributed by atoms with Crippen LogP contribution < -0.4 is 46.7 Å². The summed E-state index contributed by atoms with van der Waals surface area (Å²) in [5.41, 5.74) is 13.4. The summed E-state index contributed by atoms with van der Waals surface area (Å²) in [4.78, 5) is 59.4. The minimum absolute atomic E-state index is 0.242. The van der Waals surface area contributed by atoms with Crippen molar-refractivity contribution in [3.8, 4) is 17.6 Å². The molecular formula is C75H81N12O6+3. The number of nitrogens with zero attached hydrogens (tertiary/aromatic N) is 9. The lowest BCUT2D eigenvalue weighted by Crippen LogP contribution is -3.05. The van der Waals surface area contributed by atoms with Crippen LogP contribution in [0.4, 0.5) is 0 Å². The number of unbranched alkanes of at least 4 members (excludes halogenated alkanes) is 3. The molecule has 3 aliphatic heterocycles. The summed E-state index contributed by atoms with van der Waals surface area (Å²) in [5.74, 6) is -0.725. The molecule has 3 N–H and O–H groups in total. The highest BCUT2D eigenvalue weighted by molar-refractivity contribution is 6.24. The first-order valence-corrected chi connectivity index (χ1v) is 33.1. The van der Waals surface area contributed by atoms with Crippen molar-refractivity contribution < 1.29 is 43.7 Å². The molecule has 6 heterocycles. The number of rotatable bonds is 24. The third kappa shape index (κ3) is 11.8. The Balaban J connectivity index is 0.732. The van der Waals surface area contributed by atoms with Crippen molar-refractivity contribution in [3.05, 3.63) is 208 Å². The van der Waals surface area contributed by atoms with Gasteiger partial charge < -0.3 is 29.0 Å². The molecule has 3 atom stereocenters. The van der Waals surface area contributed by atoms with Gasteiger partial charge in [-0.25, -0.2) is 14.7 Å². The Morgan fingerprint density at radius 2 is 0.710 bits per heavy atom. The maximum atomic E-state index is 13.6. The number of aromatic nitrogens is 3. The highest BCUT2D eigenvalue weighted by Crippen LogP contribution is 2.35. The summed E-state index contributed by atoms with van der Waals surface area (Å²) >= 11 is 0. The number of benzene rings is 4. The van der Waals surface area contributed by atoms with E-state index in [9.17, 15) is 29.7 Å². The van der Waals surface area contributed by atoms with Crippen molar-refractivity contribution in [2.24, 2.45) is 15.0 Å². The van der Waals surface area contributed by atoms with Crippen LogP contribution in [0.3, 0.4) is 0 Å². The summed E-state index contributed by atoms with van der Waals surface area (Å²) in [6, 6.07) is 17.0. The van der Waals surface area contributed by atoms with Crippen LogP contribution in [-0.4, -0.2) is 103 Å². The molecule has 474 valence electrons. The highest BCUT2D eigenvalue weighted by Gasteiger charge is 2.31. The molecule has 0 saturated carbocycles. The Bertz CT molecular complexity index is 4340. The van der Waals surface area contributed by atoms with Gasteiger partial charge in [0.25, 0.3) is 16.7 Å². The second kappa shape index (κ2) is 26.5. The van der Waals surface area contributed by atoms with E-state index in [2.05, 4.69) is 111 Å². The predicted molar refractivity (Wildman–Crippen MR) is 365 cm³/mol. The minimum atomic E-state index is -0.242. The van der Waals surface area contributed by atoms with Gasteiger partial charge in [-0.3, -0.25) is 29.4 Å². The molecule has 0 spiro atoms. The highest BCUT2D eigenvalue weighted by atomic mass is 16.3. The molecule has 3 aliphatic carbocycles. The van der Waals surface area contributed by atoms with Crippen LogP contribution in [0.25, 0.3) is 50.5 Å². The molecule has 7 aromatic rings. The number of hydrogen-bond donors (Lipinski definition) is 3. The number of quaternary nitrogens is 3. The van der Waals surface area contributed by atoms with E-state index in [0.29, 0.717) is 108 Å². The van der Waals surface area contributed by atoms with Gasteiger partial charge in [0.15, 0.2) is 38.2 Å². The van der Waals surface area contributed by atoms with E-state index >= 15 is 0 Å². The molecule has 0 saturated heterocycles. The molecule has 93 heavy (non-hydrogen) atoms. The van der Waals surface area contributed by atoms with E-state index in [1.807, 2.05) is 91.1 Å². The molecule has 6 aliphatic rings. The fourth-order valence-corrected chi connectivity index (χ4v) is 14.2. The Kier molecular flexibility index (Phi) is 17.7. The molecule has 18 nitrogen and oxygen atoms in total. The van der Waals surface area contributed by atoms with E-state index in [0.717, 1.165) is 92.0 Å². The Labute approximate surface area is 540 Å². The molecule has 0 bridgehead atoms. The zero-order valence-electron chi connectivity index (χ0n) is 54.1. The molecule has 0 fully saturated rings. The summed E-state index contributed by atoms with van der Waals surface area (Å²) < 4.78 is 10.7. The van der Waals surface area contributed by atoms with E-state index in [-0.39, 0.29) is 34.3 Å². The summed E-state index contributed by atoms with van der Waals surface area (Å²) in [5, 5.41) is 44.4. The second-order valence-corrected chi connectivity index (χ2v) is 25.2. The van der Waals surface area contributed by atoms with Crippen molar-refractivity contribution in [1.29, 1.82) is 0 Å². The van der Waals surface area contributed by atoms with E-state index in [1.54, 1.807) is 0 Å². The number of pyridine rings is 3. The maximum Gasteiger partial charge on any atom is 0.335 e. The Hall–Kier alpha value is -9.75. The van der Waals surface area contributed by atoms with Gasteiger partial charge in [-0.05, 0) is 127 Å². The topological polar surface area (TPSA) is 195 Å². The van der Waals surface area contributed by atoms with Crippen molar-refractivity contribution in [2.45, 2.75) is 119 Å². The summed E-state index contributed by atoms with van der Waals surface area (Å²) in [6.45, 7) is 19.9. The number of hydrogen-bond acceptors (Lipinski definition) is 9. The molecule has 0 radical (unpaired) electrons. The summed E-state index contributed by atoms with van der Waals surface area (Å²) in [6.07, 6.45) is 35.8. The predicted octanol–water partition coefficient (Wildman–Crippen LogP) is 4.46. The third-order valence-electron chi connectivity index (χ3n) is 19.3. The van der Waals surface area contributed by atoms with Gasteiger partial charge in [0, 0.05) is 85.9 Å². The van der Waals surface area contributed by atoms with Crippen molar-refractivity contribution in [1.82, 2.24) is 13.7 Å². The maximum absolute atomic E-state index is 13.6. The smallest absolute Gasteiger partial charge is 0.335 e. The zero-order chi connectivity index (χ0) is 64.6. The van der Waals surface area contributed by atoms with Crippen LogP contribution in [0.15, 0.2) is 139 Å². The third-order valence-corrected chi connectivity index (χ3v) is 19.3. The van der Waals surface area contributed by atoms with Gasteiger partial charge in [0.1, 0.15) is 19.6 Å². The first kappa shape index (κ1) is 62.1. The quantitative estimate of drug-likeness (QED) is 0.0748. The van der Waals surface area contributed by atoms with Gasteiger partial charge in [-0.15, -0.1) is 0 Å². The SMILES string of the molecule is CCCCn1c([O-])c2cccc3c2c(c1=O)C=CC3=NCC[N+]1=C[NH+](Cc2c(C)c(C[NH+]3C=C[N+](CCN=C4C=Cc5c(=O)n(CCCC)c([O-])c6cccc4c56)=C3)c(C)c(C[NH+]3C=C[N+](CCN=C4C=Cc5c(=O)n(CCCC)c([O-])c6cccc4c56)=C3)c2C)C=C1. The largest absolute Gasteiger partial charge is 0.860 e. The van der Waals surface area contributed by atoms with Gasteiger partial charge in [-0.1, -0.05) is 94.6 Å². The first-order valence-electron chi connectivity index (χ1n) is 33.1. The van der Waals surface area contributed by atoms with Gasteiger partial charge in [-0.2, -0.15) is 13.7 Å². The molecule has 18 heteroatoms. The minimum Gasteiger partial charge on any atom is -0.860 e. The van der Waals surface area contributed by atoms with Crippen LogP contribution in [0, 0.1) is 20.8 Å². The molecule has 0 amide bonds. The van der Waals surface area contributed by atoms with Crippen LogP contribution in [0.2, 0.25) is 0 Å². The monoisotopic (exact) mass is 1250 g/mol. The Morgan fingerprint density at radius 3 is 0.989 bits per heavy atom. The lowest BCUT2D eigenvalue weighted by atomic mass is 9.87. The Morgan fingerprint density at radius 1 is 0.419 bits per heavy atom. The standard InChI is InChI=1S/C75H78N12O6/c1-7-10-31-85-70(88)55-19-13-16-52-64(25-22-58(67(52)55)73(85)91)76-28-34-79-37-40-82(46-79)43-61-49(4)62(44-83-41-38-80(47-83)35-29-77-65-26-23-59-68-53(65)17-14-20-56(68)71(89)86(74(59)92)32-11-8-2)51(6)63(50(61)5)45-84-42-39-81(48-84)36-30-78-66-27-24-60-69-54(66)18-15-21-57(69)72(90)87(75(60)93)33-12-9-3/h13-27,37-42,46-48H,7-12,28-36,43-45H2,1-6H3/p+3. The van der Waals surface area contributed by atoms with Crippen LogP contribution in [0.5, 0.6) is 17.6 Å². The van der Waals surface area contributed by atoms with E-state index in [1.165, 1.54) is 61.8 Å². The second-order valence-electron chi connectivity index (χ2n) is 25.2. The molecule has 3 aromatic heterocycles. The van der Waals surface area contributed by atoms with Gasteiger partial charge in [0.2, 0.25) is 18.6 Å². The lowest BCUT2D eigenvalue weighted by Gasteiger charge is -2.23. The zero-order valence-corrected chi connectivity index (χ0v) is 54.1. The average molecular weight is 1250 g/mol.